The van der Waals surface area contributed by atoms with Crippen molar-refractivity contribution in [1.82, 2.24) is 9.97 Å². The van der Waals surface area contributed by atoms with Crippen LogP contribution >= 0.6 is 11.3 Å². The molecule has 0 amide bonds. The first-order valence-corrected chi connectivity index (χ1v) is 12.0. The Hall–Kier alpha value is -4.29. The summed E-state index contributed by atoms with van der Waals surface area (Å²) in [6.07, 6.45) is 1.49. The van der Waals surface area contributed by atoms with Crippen molar-refractivity contribution in [2.45, 2.75) is 13.8 Å². The number of carbonyl (C=O) groups excluding carboxylic acids is 1. The van der Waals surface area contributed by atoms with Crippen molar-refractivity contribution < 1.29 is 23.7 Å². The Morgan fingerprint density at radius 2 is 1.72 bits per heavy atom. The maximum atomic E-state index is 12.1. The summed E-state index contributed by atoms with van der Waals surface area (Å²) in [4.78, 5) is 21.0. The lowest BCUT2D eigenvalue weighted by atomic mass is 10.0. The molecule has 1 N–H and O–H groups in total. The summed E-state index contributed by atoms with van der Waals surface area (Å²) in [5.74, 6) is 8.21. The molecule has 0 bridgehead atoms. The van der Waals surface area contributed by atoms with E-state index >= 15 is 0 Å². The van der Waals surface area contributed by atoms with Gasteiger partial charge in [-0.05, 0) is 31.5 Å². The summed E-state index contributed by atoms with van der Waals surface area (Å²) in [5.41, 5.74) is 4.42. The lowest BCUT2D eigenvalue weighted by Crippen LogP contribution is -2.05. The number of aromatic nitrogens is 2. The van der Waals surface area contributed by atoms with E-state index in [2.05, 4.69) is 27.1 Å². The highest BCUT2D eigenvalue weighted by Gasteiger charge is 2.16. The summed E-state index contributed by atoms with van der Waals surface area (Å²) in [5, 5.41) is 5.26. The number of hydrogen-bond acceptors (Lipinski definition) is 9. The molecule has 2 aromatic carbocycles. The van der Waals surface area contributed by atoms with Crippen molar-refractivity contribution in [3.63, 3.8) is 0 Å². The number of benzene rings is 2. The van der Waals surface area contributed by atoms with Gasteiger partial charge in [-0.1, -0.05) is 17.9 Å². The maximum Gasteiger partial charge on any atom is 0.338 e. The van der Waals surface area contributed by atoms with Crippen LogP contribution in [0.3, 0.4) is 0 Å². The van der Waals surface area contributed by atoms with E-state index < -0.39 is 0 Å². The van der Waals surface area contributed by atoms with Gasteiger partial charge in [0.15, 0.2) is 17.3 Å². The summed E-state index contributed by atoms with van der Waals surface area (Å²) in [6.45, 7) is 4.05. The lowest BCUT2D eigenvalue weighted by molar-refractivity contribution is 0.0526. The van der Waals surface area contributed by atoms with Crippen molar-refractivity contribution >= 4 is 39.0 Å². The number of hydrogen-bond donors (Lipinski definition) is 1. The summed E-state index contributed by atoms with van der Waals surface area (Å²) >= 11 is 1.49. The van der Waals surface area contributed by atoms with Gasteiger partial charge in [-0.2, -0.15) is 0 Å². The van der Waals surface area contributed by atoms with Crippen molar-refractivity contribution in [1.29, 1.82) is 0 Å². The number of methoxy groups -OCH3 is 3. The predicted octanol–water partition coefficient (Wildman–Crippen LogP) is 5.35. The average molecular weight is 504 g/mol. The molecule has 4 aromatic rings. The smallest absolute Gasteiger partial charge is 0.338 e. The zero-order valence-electron chi connectivity index (χ0n) is 20.6. The molecule has 0 fully saturated rings. The first-order chi connectivity index (χ1) is 17.5. The largest absolute Gasteiger partial charge is 0.493 e. The molecule has 8 nitrogen and oxygen atoms in total. The van der Waals surface area contributed by atoms with E-state index in [0.717, 1.165) is 32.6 Å². The van der Waals surface area contributed by atoms with Crippen molar-refractivity contribution in [3.05, 3.63) is 64.3 Å². The fourth-order valence-electron chi connectivity index (χ4n) is 3.55. The van der Waals surface area contributed by atoms with Crippen molar-refractivity contribution in [2.24, 2.45) is 0 Å². The fourth-order valence-corrected chi connectivity index (χ4v) is 4.45. The van der Waals surface area contributed by atoms with Crippen LogP contribution in [-0.4, -0.2) is 43.9 Å². The summed E-state index contributed by atoms with van der Waals surface area (Å²) in [6, 6.07) is 8.98. The van der Waals surface area contributed by atoms with E-state index in [1.54, 1.807) is 40.4 Å². The van der Waals surface area contributed by atoms with Crippen LogP contribution in [0, 0.1) is 18.8 Å². The zero-order chi connectivity index (χ0) is 25.7. The third kappa shape index (κ3) is 5.04. The van der Waals surface area contributed by atoms with Crippen LogP contribution in [0.1, 0.15) is 34.0 Å². The molecule has 36 heavy (non-hydrogen) atoms. The number of rotatable bonds is 7. The summed E-state index contributed by atoms with van der Waals surface area (Å²) in [7, 11) is 4.70. The molecule has 0 aliphatic rings. The quantitative estimate of drug-likeness (QED) is 0.267. The first-order valence-electron chi connectivity index (χ1n) is 11.1. The maximum absolute atomic E-state index is 12.1. The number of ether oxygens (including phenoxy) is 4. The number of aryl methyl sites for hydroxylation is 1. The molecule has 0 spiro atoms. The molecule has 0 aliphatic carbocycles. The van der Waals surface area contributed by atoms with Gasteiger partial charge in [-0.3, -0.25) is 0 Å². The molecule has 0 saturated heterocycles. The van der Waals surface area contributed by atoms with Crippen LogP contribution in [0.4, 0.5) is 11.5 Å². The van der Waals surface area contributed by atoms with Crippen LogP contribution in [0.5, 0.6) is 17.2 Å². The van der Waals surface area contributed by atoms with Gasteiger partial charge in [0.2, 0.25) is 5.75 Å². The number of nitrogens with zero attached hydrogens (tertiary/aromatic N) is 2. The van der Waals surface area contributed by atoms with E-state index in [-0.39, 0.29) is 5.97 Å². The van der Waals surface area contributed by atoms with Gasteiger partial charge < -0.3 is 24.3 Å². The number of esters is 1. The van der Waals surface area contributed by atoms with Crippen LogP contribution in [0.25, 0.3) is 10.2 Å². The van der Waals surface area contributed by atoms with Gasteiger partial charge in [0.1, 0.15) is 11.8 Å². The monoisotopic (exact) mass is 503 g/mol. The predicted molar refractivity (Wildman–Crippen MR) is 140 cm³/mol. The minimum atomic E-state index is -0.364. The second kappa shape index (κ2) is 11.0. The molecule has 0 saturated carbocycles. The van der Waals surface area contributed by atoms with Crippen LogP contribution < -0.4 is 19.5 Å². The molecule has 2 heterocycles. The van der Waals surface area contributed by atoms with Crippen LogP contribution in [0.15, 0.2) is 42.0 Å². The number of carbonyl (C=O) groups is 1. The summed E-state index contributed by atoms with van der Waals surface area (Å²) < 4.78 is 22.2. The van der Waals surface area contributed by atoms with Crippen LogP contribution in [0.2, 0.25) is 0 Å². The van der Waals surface area contributed by atoms with Gasteiger partial charge in [-0.25, -0.2) is 14.8 Å². The van der Waals surface area contributed by atoms with Gasteiger partial charge in [0.05, 0.1) is 43.8 Å². The van der Waals surface area contributed by atoms with E-state index in [1.807, 2.05) is 30.5 Å². The molecular formula is C27H25N3O5S. The Morgan fingerprint density at radius 3 is 2.39 bits per heavy atom. The average Bonchev–Trinajstić information content (AvgIpc) is 3.31. The first kappa shape index (κ1) is 24.8. The molecule has 2 aromatic heterocycles. The Morgan fingerprint density at radius 1 is 1.00 bits per heavy atom. The third-order valence-corrected chi connectivity index (χ3v) is 6.34. The van der Waals surface area contributed by atoms with E-state index in [4.69, 9.17) is 18.9 Å². The van der Waals surface area contributed by atoms with Crippen molar-refractivity contribution in [3.8, 4) is 29.1 Å². The Labute approximate surface area is 213 Å². The van der Waals surface area contributed by atoms with Gasteiger partial charge in [0.25, 0.3) is 0 Å². The zero-order valence-corrected chi connectivity index (χ0v) is 21.4. The molecule has 9 heteroatoms. The fraction of sp³-hybridized carbons (Fsp3) is 0.222. The second-order valence-corrected chi connectivity index (χ2v) is 8.47. The minimum Gasteiger partial charge on any atom is -0.493 e. The van der Waals surface area contributed by atoms with Crippen LogP contribution in [-0.2, 0) is 4.74 Å². The molecule has 184 valence electrons. The second-order valence-electron chi connectivity index (χ2n) is 7.59. The van der Waals surface area contributed by atoms with Gasteiger partial charge in [0, 0.05) is 28.8 Å². The lowest BCUT2D eigenvalue weighted by Gasteiger charge is -2.15. The number of anilines is 2. The molecular weight excluding hydrogens is 478 g/mol. The molecule has 0 radical (unpaired) electrons. The Bertz CT molecular complexity index is 1460. The van der Waals surface area contributed by atoms with Gasteiger partial charge >= 0.3 is 5.97 Å². The number of thiophene rings is 1. The van der Waals surface area contributed by atoms with E-state index in [1.165, 1.54) is 17.7 Å². The number of fused-ring (bicyclic) bond motifs is 1. The molecule has 0 atom stereocenters. The Balaban J connectivity index is 1.67. The minimum absolute atomic E-state index is 0.320. The van der Waals surface area contributed by atoms with Gasteiger partial charge in [-0.15, -0.1) is 11.3 Å². The molecule has 0 unspecified atom stereocenters. The normalized spacial score (nSPS) is 10.4. The standard InChI is InChI=1S/C27H25N3O5S/c1-6-35-27(31)18-8-7-16(2)17(11-18)9-10-19-14-36-25-23(19)28-15-29-26(25)30-20-12-21(32-3)24(34-5)22(13-20)33-4/h7-8,11-15H,6H2,1-5H3,(H,28,29,30). The molecule has 0 aliphatic heterocycles. The topological polar surface area (TPSA) is 91.8 Å². The Kier molecular flexibility index (Phi) is 7.56. The third-order valence-electron chi connectivity index (χ3n) is 5.36. The SMILES string of the molecule is CCOC(=O)c1ccc(C)c(C#Cc2csc3c(Nc4cc(OC)c(OC)c(OC)c4)ncnc23)c1. The van der Waals surface area contributed by atoms with E-state index in [0.29, 0.717) is 35.2 Å². The van der Waals surface area contributed by atoms with Crippen molar-refractivity contribution in [2.75, 3.05) is 33.3 Å². The highest BCUT2D eigenvalue weighted by atomic mass is 32.1. The highest BCUT2D eigenvalue weighted by molar-refractivity contribution is 7.18. The number of nitrogens with one attached hydrogen (secondary N) is 1. The highest BCUT2D eigenvalue weighted by Crippen LogP contribution is 2.41. The molecule has 4 rings (SSSR count). The van der Waals surface area contributed by atoms with E-state index in [9.17, 15) is 4.79 Å².